The van der Waals surface area contributed by atoms with Gasteiger partial charge in [-0.25, -0.2) is 0 Å². The standard InChI is InChI=1S/C23H30Cl2N4O3/c1-21(2)14-29(11-10-23(21,32)15-6-8-16(24)9-7-15)18(30)12-22(3,4)27-20(31)17-13-26-28(5)19(17)25/h6-9,13,32H,10-12,14H2,1-5H3,(H,27,31)/t23-/m0/s1. The van der Waals surface area contributed by atoms with Gasteiger partial charge < -0.3 is 15.3 Å². The van der Waals surface area contributed by atoms with E-state index in [4.69, 9.17) is 23.2 Å². The van der Waals surface area contributed by atoms with Crippen molar-refractivity contribution in [2.24, 2.45) is 12.5 Å². The number of aliphatic hydroxyl groups is 1. The molecule has 0 bridgehead atoms. The van der Waals surface area contributed by atoms with Gasteiger partial charge in [-0.15, -0.1) is 0 Å². The molecule has 174 valence electrons. The minimum absolute atomic E-state index is 0.0844. The zero-order valence-corrected chi connectivity index (χ0v) is 20.6. The quantitative estimate of drug-likeness (QED) is 0.681. The number of piperidine rings is 1. The highest BCUT2D eigenvalue weighted by Crippen LogP contribution is 2.46. The summed E-state index contributed by atoms with van der Waals surface area (Å²) in [6.07, 6.45) is 1.93. The van der Waals surface area contributed by atoms with E-state index in [1.807, 2.05) is 26.0 Å². The van der Waals surface area contributed by atoms with E-state index < -0.39 is 16.6 Å². The molecule has 1 atom stereocenters. The third-order valence-electron chi connectivity index (χ3n) is 6.28. The number of rotatable bonds is 5. The van der Waals surface area contributed by atoms with E-state index >= 15 is 0 Å². The first-order valence-electron chi connectivity index (χ1n) is 10.5. The number of hydrogen-bond acceptors (Lipinski definition) is 4. The highest BCUT2D eigenvalue weighted by Gasteiger charge is 2.49. The van der Waals surface area contributed by atoms with E-state index in [0.29, 0.717) is 24.5 Å². The van der Waals surface area contributed by atoms with Gasteiger partial charge in [0.1, 0.15) is 5.15 Å². The van der Waals surface area contributed by atoms with Crippen LogP contribution in [0.5, 0.6) is 0 Å². The number of carbonyl (C=O) groups excluding carboxylic acids is 2. The Morgan fingerprint density at radius 2 is 1.84 bits per heavy atom. The van der Waals surface area contributed by atoms with Crippen LogP contribution in [-0.4, -0.2) is 50.2 Å². The molecular weight excluding hydrogens is 451 g/mol. The van der Waals surface area contributed by atoms with Crippen molar-refractivity contribution in [2.45, 2.75) is 51.7 Å². The average Bonchev–Trinajstić information content (AvgIpc) is 3.02. The van der Waals surface area contributed by atoms with Crippen LogP contribution in [0.15, 0.2) is 30.5 Å². The second kappa shape index (κ2) is 8.69. The molecule has 0 radical (unpaired) electrons. The molecule has 0 saturated carbocycles. The molecule has 1 fully saturated rings. The molecule has 0 unspecified atom stereocenters. The first-order chi connectivity index (χ1) is 14.8. The molecule has 0 aliphatic carbocycles. The number of halogens is 2. The SMILES string of the molecule is Cn1ncc(C(=O)NC(C)(C)CC(=O)N2CC[C@](O)(c3ccc(Cl)cc3)C(C)(C)C2)c1Cl. The van der Waals surface area contributed by atoms with Crippen LogP contribution in [0, 0.1) is 5.41 Å². The number of hydrogen-bond donors (Lipinski definition) is 2. The van der Waals surface area contributed by atoms with E-state index in [0.717, 1.165) is 5.56 Å². The fourth-order valence-electron chi connectivity index (χ4n) is 4.28. The summed E-state index contributed by atoms with van der Waals surface area (Å²) in [6, 6.07) is 7.21. The van der Waals surface area contributed by atoms with Crippen molar-refractivity contribution < 1.29 is 14.7 Å². The Bertz CT molecular complexity index is 1020. The highest BCUT2D eigenvalue weighted by molar-refractivity contribution is 6.32. The van der Waals surface area contributed by atoms with Crippen molar-refractivity contribution in [1.29, 1.82) is 0 Å². The van der Waals surface area contributed by atoms with Crippen LogP contribution in [0.1, 0.15) is 56.5 Å². The van der Waals surface area contributed by atoms with Crippen LogP contribution in [0.3, 0.4) is 0 Å². The maximum atomic E-state index is 13.1. The number of nitrogens with zero attached hydrogens (tertiary/aromatic N) is 3. The Kier molecular flexibility index (Phi) is 6.67. The van der Waals surface area contributed by atoms with Crippen LogP contribution >= 0.6 is 23.2 Å². The van der Waals surface area contributed by atoms with Crippen molar-refractivity contribution in [1.82, 2.24) is 20.0 Å². The lowest BCUT2D eigenvalue weighted by Gasteiger charge is -2.51. The fraction of sp³-hybridized carbons (Fsp3) is 0.522. The third-order valence-corrected chi connectivity index (χ3v) is 6.98. The summed E-state index contributed by atoms with van der Waals surface area (Å²) in [5.74, 6) is -0.462. The van der Waals surface area contributed by atoms with Crippen LogP contribution < -0.4 is 5.32 Å². The summed E-state index contributed by atoms with van der Waals surface area (Å²) in [5.41, 5.74) is -1.39. The molecule has 2 N–H and O–H groups in total. The molecule has 2 heterocycles. The zero-order chi connectivity index (χ0) is 23.9. The first-order valence-corrected chi connectivity index (χ1v) is 11.3. The number of carbonyl (C=O) groups is 2. The first kappa shape index (κ1) is 24.6. The lowest BCUT2D eigenvalue weighted by Crippen LogP contribution is -2.58. The Labute approximate surface area is 198 Å². The second-order valence-corrected chi connectivity index (χ2v) is 10.6. The minimum Gasteiger partial charge on any atom is -0.384 e. The lowest BCUT2D eigenvalue weighted by atomic mass is 9.66. The van der Waals surface area contributed by atoms with E-state index in [-0.39, 0.29) is 29.0 Å². The fourth-order valence-corrected chi connectivity index (χ4v) is 4.58. The number of aryl methyl sites for hydroxylation is 1. The van der Waals surface area contributed by atoms with Gasteiger partial charge in [-0.2, -0.15) is 5.10 Å². The number of likely N-dealkylation sites (tertiary alicyclic amines) is 1. The Hall–Kier alpha value is -2.09. The van der Waals surface area contributed by atoms with E-state index in [9.17, 15) is 14.7 Å². The summed E-state index contributed by atoms with van der Waals surface area (Å²) in [4.78, 5) is 27.5. The summed E-state index contributed by atoms with van der Waals surface area (Å²) >= 11 is 12.1. The van der Waals surface area contributed by atoms with Gasteiger partial charge in [0.2, 0.25) is 5.91 Å². The number of benzene rings is 1. The molecule has 1 aromatic carbocycles. The van der Waals surface area contributed by atoms with Gasteiger partial charge in [0.15, 0.2) is 0 Å². The van der Waals surface area contributed by atoms with Gasteiger partial charge in [0.05, 0.1) is 17.4 Å². The second-order valence-electron chi connectivity index (χ2n) is 9.80. The molecule has 1 saturated heterocycles. The van der Waals surface area contributed by atoms with Crippen LogP contribution in [0.2, 0.25) is 10.2 Å². The summed E-state index contributed by atoms with van der Waals surface area (Å²) < 4.78 is 1.41. The van der Waals surface area contributed by atoms with E-state index in [1.165, 1.54) is 10.9 Å². The van der Waals surface area contributed by atoms with Crippen molar-refractivity contribution in [3.63, 3.8) is 0 Å². The molecule has 2 aromatic rings. The molecule has 1 aliphatic rings. The molecule has 1 aromatic heterocycles. The van der Waals surface area contributed by atoms with Gasteiger partial charge in [-0.3, -0.25) is 14.3 Å². The van der Waals surface area contributed by atoms with E-state index in [1.54, 1.807) is 37.9 Å². The lowest BCUT2D eigenvalue weighted by molar-refractivity contribution is -0.154. The molecule has 3 rings (SSSR count). The molecule has 0 spiro atoms. The monoisotopic (exact) mass is 480 g/mol. The van der Waals surface area contributed by atoms with Crippen molar-refractivity contribution in [2.75, 3.05) is 13.1 Å². The average molecular weight is 481 g/mol. The molecule has 32 heavy (non-hydrogen) atoms. The maximum Gasteiger partial charge on any atom is 0.256 e. The molecule has 1 aliphatic heterocycles. The van der Waals surface area contributed by atoms with Gasteiger partial charge in [0.25, 0.3) is 5.91 Å². The predicted molar refractivity (Wildman–Crippen MR) is 125 cm³/mol. The number of amides is 2. The highest BCUT2D eigenvalue weighted by atomic mass is 35.5. The van der Waals surface area contributed by atoms with Crippen LogP contribution in [0.25, 0.3) is 0 Å². The molecule has 7 nitrogen and oxygen atoms in total. The van der Waals surface area contributed by atoms with Gasteiger partial charge in [-0.05, 0) is 38.0 Å². The Morgan fingerprint density at radius 3 is 2.38 bits per heavy atom. The number of aromatic nitrogens is 2. The van der Waals surface area contributed by atoms with Crippen molar-refractivity contribution in [3.05, 3.63) is 51.8 Å². The van der Waals surface area contributed by atoms with Crippen LogP contribution in [-0.2, 0) is 17.4 Å². The Balaban J connectivity index is 1.67. The minimum atomic E-state index is -1.07. The van der Waals surface area contributed by atoms with Crippen LogP contribution in [0.4, 0.5) is 0 Å². The predicted octanol–water partition coefficient (Wildman–Crippen LogP) is 3.77. The van der Waals surface area contributed by atoms with Gasteiger partial charge in [-0.1, -0.05) is 49.2 Å². The van der Waals surface area contributed by atoms with Crippen molar-refractivity contribution in [3.8, 4) is 0 Å². The number of nitrogens with one attached hydrogen (secondary N) is 1. The molecule has 9 heteroatoms. The third kappa shape index (κ3) is 4.80. The van der Waals surface area contributed by atoms with E-state index in [2.05, 4.69) is 10.4 Å². The van der Waals surface area contributed by atoms with Gasteiger partial charge in [0, 0.05) is 42.5 Å². The maximum absolute atomic E-state index is 13.1. The summed E-state index contributed by atoms with van der Waals surface area (Å²) in [5, 5.41) is 19.2. The largest absolute Gasteiger partial charge is 0.384 e. The molecular formula is C23H30Cl2N4O3. The topological polar surface area (TPSA) is 87.5 Å². The zero-order valence-electron chi connectivity index (χ0n) is 19.1. The summed E-state index contributed by atoms with van der Waals surface area (Å²) in [7, 11) is 1.65. The smallest absolute Gasteiger partial charge is 0.256 e. The van der Waals surface area contributed by atoms with Crippen molar-refractivity contribution >= 4 is 35.0 Å². The molecule has 2 amide bonds. The van der Waals surface area contributed by atoms with Gasteiger partial charge >= 0.3 is 0 Å². The normalized spacial score (nSPS) is 20.8. The Morgan fingerprint density at radius 1 is 1.22 bits per heavy atom. The summed E-state index contributed by atoms with van der Waals surface area (Å²) in [6.45, 7) is 8.32.